The number of hydrogen-bond acceptors (Lipinski definition) is 2. The lowest BCUT2D eigenvalue weighted by Gasteiger charge is -2.54. The molecule has 0 aliphatic carbocycles. The van der Waals surface area contributed by atoms with Crippen molar-refractivity contribution in [3.05, 3.63) is 12.3 Å². The van der Waals surface area contributed by atoms with Gasteiger partial charge in [-0.1, -0.05) is 6.58 Å². The summed E-state index contributed by atoms with van der Waals surface area (Å²) in [6.07, 6.45) is 1.37. The molecule has 0 aromatic rings. The van der Waals surface area contributed by atoms with Gasteiger partial charge in [0.2, 0.25) is 0 Å². The molecule has 2 bridgehead atoms. The van der Waals surface area contributed by atoms with Crippen LogP contribution in [0.4, 0.5) is 0 Å². The van der Waals surface area contributed by atoms with Gasteiger partial charge in [-0.05, 0) is 13.3 Å². The van der Waals surface area contributed by atoms with Crippen molar-refractivity contribution in [1.82, 2.24) is 10.2 Å². The summed E-state index contributed by atoms with van der Waals surface area (Å²) in [4.78, 5) is 2.44. The van der Waals surface area contributed by atoms with Crippen LogP contribution in [0.3, 0.4) is 0 Å². The molecule has 0 saturated carbocycles. The zero-order chi connectivity index (χ0) is 7.14. The highest BCUT2D eigenvalue weighted by molar-refractivity contribution is 5.09. The number of rotatable bonds is 1. The summed E-state index contributed by atoms with van der Waals surface area (Å²) >= 11 is 0. The van der Waals surface area contributed by atoms with E-state index in [2.05, 4.69) is 23.7 Å². The molecule has 3 heterocycles. The highest BCUT2D eigenvalue weighted by atomic mass is 15.3. The second kappa shape index (κ2) is 1.99. The van der Waals surface area contributed by atoms with Crippen molar-refractivity contribution in [2.75, 3.05) is 13.1 Å². The molecule has 3 saturated heterocycles. The molecule has 2 unspecified atom stereocenters. The van der Waals surface area contributed by atoms with Gasteiger partial charge >= 0.3 is 0 Å². The van der Waals surface area contributed by atoms with Gasteiger partial charge in [0.25, 0.3) is 0 Å². The summed E-state index contributed by atoms with van der Waals surface area (Å²) in [5, 5.41) is 3.39. The van der Waals surface area contributed by atoms with E-state index in [-0.39, 0.29) is 0 Å². The van der Waals surface area contributed by atoms with Gasteiger partial charge in [0, 0.05) is 30.9 Å². The zero-order valence-electron chi connectivity index (χ0n) is 6.43. The molecular weight excluding hydrogens is 124 g/mol. The molecule has 1 N–H and O–H groups in total. The van der Waals surface area contributed by atoms with Crippen molar-refractivity contribution in [2.24, 2.45) is 0 Å². The van der Waals surface area contributed by atoms with Crippen molar-refractivity contribution in [3.8, 4) is 0 Å². The summed E-state index contributed by atoms with van der Waals surface area (Å²) in [6, 6.07) is 1.52. The fourth-order valence-corrected chi connectivity index (χ4v) is 2.10. The first-order valence-corrected chi connectivity index (χ1v) is 3.93. The number of hydrogen-bond donors (Lipinski definition) is 1. The largest absolute Gasteiger partial charge is 0.367 e. The number of nitrogens with one attached hydrogen (secondary N) is 1. The van der Waals surface area contributed by atoms with Gasteiger partial charge in [-0.25, -0.2) is 0 Å². The SMILES string of the molecule is C=C(C)N1C2CNCC1C2. The first kappa shape index (κ1) is 6.23. The van der Waals surface area contributed by atoms with Gasteiger partial charge in [0.1, 0.15) is 0 Å². The third-order valence-electron chi connectivity index (χ3n) is 2.53. The Balaban J connectivity index is 2.06. The molecule has 0 amide bonds. The summed E-state index contributed by atoms with van der Waals surface area (Å²) in [5.41, 5.74) is 1.24. The average molecular weight is 138 g/mol. The molecule has 3 aliphatic heterocycles. The van der Waals surface area contributed by atoms with E-state index in [9.17, 15) is 0 Å². The number of piperidine rings is 1. The van der Waals surface area contributed by atoms with E-state index in [1.165, 1.54) is 12.1 Å². The number of fused-ring (bicyclic) bond motifs is 2. The molecule has 10 heavy (non-hydrogen) atoms. The van der Waals surface area contributed by atoms with Crippen molar-refractivity contribution in [3.63, 3.8) is 0 Å². The Bertz CT molecular complexity index is 151. The van der Waals surface area contributed by atoms with Crippen LogP contribution in [-0.4, -0.2) is 30.1 Å². The van der Waals surface area contributed by atoms with E-state index in [0.29, 0.717) is 0 Å². The Kier molecular flexibility index (Phi) is 1.24. The first-order chi connectivity index (χ1) is 4.79. The van der Waals surface area contributed by atoms with Crippen LogP contribution in [-0.2, 0) is 0 Å². The lowest BCUT2D eigenvalue weighted by molar-refractivity contribution is 0.0213. The Morgan fingerprint density at radius 3 is 2.40 bits per heavy atom. The minimum atomic E-state index is 0.760. The van der Waals surface area contributed by atoms with Gasteiger partial charge in [-0.3, -0.25) is 0 Å². The number of nitrogens with zero attached hydrogens (tertiary/aromatic N) is 1. The highest BCUT2D eigenvalue weighted by Gasteiger charge is 2.40. The van der Waals surface area contributed by atoms with E-state index >= 15 is 0 Å². The van der Waals surface area contributed by atoms with Crippen molar-refractivity contribution < 1.29 is 0 Å². The predicted molar refractivity (Wildman–Crippen MR) is 41.7 cm³/mol. The fraction of sp³-hybridized carbons (Fsp3) is 0.750. The van der Waals surface area contributed by atoms with E-state index in [1.54, 1.807) is 0 Å². The van der Waals surface area contributed by atoms with Gasteiger partial charge in [0.15, 0.2) is 0 Å². The van der Waals surface area contributed by atoms with Crippen LogP contribution in [0.2, 0.25) is 0 Å². The number of piperazine rings is 1. The van der Waals surface area contributed by atoms with Crippen LogP contribution >= 0.6 is 0 Å². The maximum Gasteiger partial charge on any atom is 0.0435 e. The van der Waals surface area contributed by atoms with Gasteiger partial charge in [-0.15, -0.1) is 0 Å². The lowest BCUT2D eigenvalue weighted by Crippen LogP contribution is -2.66. The smallest absolute Gasteiger partial charge is 0.0435 e. The molecule has 2 nitrogen and oxygen atoms in total. The van der Waals surface area contributed by atoms with E-state index in [1.807, 2.05) is 0 Å². The van der Waals surface area contributed by atoms with Crippen LogP contribution in [0.15, 0.2) is 12.3 Å². The van der Waals surface area contributed by atoms with Crippen LogP contribution in [0.5, 0.6) is 0 Å². The average Bonchev–Trinajstić information content (AvgIpc) is 1.87. The topological polar surface area (TPSA) is 15.3 Å². The van der Waals surface area contributed by atoms with Gasteiger partial charge in [0.05, 0.1) is 0 Å². The molecule has 3 fully saturated rings. The van der Waals surface area contributed by atoms with Gasteiger partial charge in [-0.2, -0.15) is 0 Å². The standard InChI is InChI=1S/C8H14N2/c1-6(2)10-7-3-8(10)5-9-4-7/h7-9H,1,3-5H2,2H3. The zero-order valence-corrected chi connectivity index (χ0v) is 6.43. The first-order valence-electron chi connectivity index (χ1n) is 3.93. The Hall–Kier alpha value is -0.500. The maximum atomic E-state index is 3.96. The third-order valence-corrected chi connectivity index (χ3v) is 2.53. The molecule has 56 valence electrons. The van der Waals surface area contributed by atoms with Crippen LogP contribution in [0.25, 0.3) is 0 Å². The molecule has 3 rings (SSSR count). The summed E-state index contributed by atoms with van der Waals surface area (Å²) < 4.78 is 0. The lowest BCUT2D eigenvalue weighted by atomic mass is 9.88. The minimum Gasteiger partial charge on any atom is -0.367 e. The maximum absolute atomic E-state index is 3.96. The predicted octanol–water partition coefficient (Wildman–Crippen LogP) is 0.566. The van der Waals surface area contributed by atoms with Crippen molar-refractivity contribution in [1.29, 1.82) is 0 Å². The van der Waals surface area contributed by atoms with Gasteiger partial charge < -0.3 is 10.2 Å². The van der Waals surface area contributed by atoms with Crippen LogP contribution in [0, 0.1) is 0 Å². The normalized spacial score (nSPS) is 37.1. The Morgan fingerprint density at radius 2 is 2.10 bits per heavy atom. The van der Waals surface area contributed by atoms with Crippen LogP contribution in [0.1, 0.15) is 13.3 Å². The molecule has 2 atom stereocenters. The molecular formula is C8H14N2. The van der Waals surface area contributed by atoms with E-state index < -0.39 is 0 Å². The summed E-state index contributed by atoms with van der Waals surface area (Å²) in [6.45, 7) is 8.37. The minimum absolute atomic E-state index is 0.760. The molecule has 2 heteroatoms. The second-order valence-corrected chi connectivity index (χ2v) is 3.34. The molecule has 0 aromatic heterocycles. The van der Waals surface area contributed by atoms with E-state index in [4.69, 9.17) is 0 Å². The highest BCUT2D eigenvalue weighted by Crippen LogP contribution is 2.31. The molecule has 0 radical (unpaired) electrons. The molecule has 0 spiro atoms. The quantitative estimate of drug-likeness (QED) is 0.569. The summed E-state index contributed by atoms with van der Waals surface area (Å²) in [5.74, 6) is 0. The van der Waals surface area contributed by atoms with Crippen molar-refractivity contribution >= 4 is 0 Å². The monoisotopic (exact) mass is 138 g/mol. The fourth-order valence-electron chi connectivity index (χ4n) is 2.10. The molecule has 0 aromatic carbocycles. The Labute approximate surface area is 61.9 Å². The second-order valence-electron chi connectivity index (χ2n) is 3.34. The molecule has 3 aliphatic rings. The summed E-state index contributed by atoms with van der Waals surface area (Å²) in [7, 11) is 0. The van der Waals surface area contributed by atoms with E-state index in [0.717, 1.165) is 25.2 Å². The van der Waals surface area contributed by atoms with Crippen LogP contribution < -0.4 is 5.32 Å². The van der Waals surface area contributed by atoms with Crippen molar-refractivity contribution in [2.45, 2.75) is 25.4 Å². The Morgan fingerprint density at radius 1 is 1.50 bits per heavy atom. The number of allylic oxidation sites excluding steroid dienone is 1. The third kappa shape index (κ3) is 0.686.